The summed E-state index contributed by atoms with van der Waals surface area (Å²) in [7, 11) is 0. The van der Waals surface area contributed by atoms with Crippen LogP contribution in [0.25, 0.3) is 0 Å². The number of carbonyl (C=O) groups is 3. The number of carbonyl (C=O) groups excluding carboxylic acids is 3. The smallest absolute Gasteiger partial charge is 0.348 e. The summed E-state index contributed by atoms with van der Waals surface area (Å²) in [6.45, 7) is 0. The van der Waals surface area contributed by atoms with Crippen molar-refractivity contribution in [1.29, 1.82) is 0 Å². The zero-order valence-corrected chi connectivity index (χ0v) is 16.1. The van der Waals surface area contributed by atoms with Crippen molar-refractivity contribution in [1.82, 2.24) is 0 Å². The minimum atomic E-state index is -1.15. The molecule has 8 nitrogen and oxygen atoms in total. The summed E-state index contributed by atoms with van der Waals surface area (Å²) in [4.78, 5) is 36.9. The molecule has 4 rings (SSSR count). The molecule has 3 fully saturated rings. The number of rotatable bonds is 2. The van der Waals surface area contributed by atoms with E-state index in [9.17, 15) is 19.5 Å². The van der Waals surface area contributed by atoms with Crippen molar-refractivity contribution in [2.45, 2.75) is 75.8 Å². The molecule has 0 atom stereocenters. The summed E-state index contributed by atoms with van der Waals surface area (Å²) in [5.41, 5.74) is -0.453. The third kappa shape index (κ3) is 3.88. The van der Waals surface area contributed by atoms with Gasteiger partial charge in [0.2, 0.25) is 0 Å². The Labute approximate surface area is 168 Å². The van der Waals surface area contributed by atoms with Gasteiger partial charge in [-0.2, -0.15) is 0 Å². The molecular weight excluding hydrogens is 380 g/mol. The topological polar surface area (TPSA) is 108 Å². The zero-order chi connectivity index (χ0) is 20.5. The minimum Gasteiger partial charge on any atom is -0.480 e. The van der Waals surface area contributed by atoms with Crippen molar-refractivity contribution < 1.29 is 38.4 Å². The van der Waals surface area contributed by atoms with E-state index in [-0.39, 0.29) is 11.1 Å². The van der Waals surface area contributed by atoms with Gasteiger partial charge in [-0.25, -0.2) is 14.4 Å². The quantitative estimate of drug-likeness (QED) is 0.424. The first-order valence-corrected chi connectivity index (χ1v) is 10.1. The highest BCUT2D eigenvalue weighted by molar-refractivity contribution is 6.15. The standard InChI is InChI=1S/C21H24O8/c22-16-14(17(23)27-20(26-16)10-3-1-4-11-20)8-7-9-15-18(24)28-21(29-19(15)25)12-5-2-6-13-21/h7-9,22H,1-6,10-13H2. The molecule has 2 spiro atoms. The first-order chi connectivity index (χ1) is 13.9. The predicted molar refractivity (Wildman–Crippen MR) is 97.9 cm³/mol. The number of allylic oxidation sites excluding steroid dienone is 2. The van der Waals surface area contributed by atoms with E-state index in [4.69, 9.17) is 18.9 Å². The Hall–Kier alpha value is -2.77. The van der Waals surface area contributed by atoms with Crippen molar-refractivity contribution in [3.8, 4) is 0 Å². The summed E-state index contributed by atoms with van der Waals surface area (Å²) in [5.74, 6) is -4.98. The number of hydrogen-bond donors (Lipinski definition) is 1. The van der Waals surface area contributed by atoms with Crippen LogP contribution in [0.4, 0.5) is 0 Å². The van der Waals surface area contributed by atoms with Gasteiger partial charge in [0.1, 0.15) is 11.1 Å². The van der Waals surface area contributed by atoms with Gasteiger partial charge in [-0.05, 0) is 37.8 Å². The SMILES string of the molecule is O=C1OC2(CCCCC2)OC(=O)C1=CC=CC1=C(O)OC2(CCCCC2)OC1=O. The van der Waals surface area contributed by atoms with Crippen LogP contribution in [-0.4, -0.2) is 34.6 Å². The Balaban J connectivity index is 1.47. The zero-order valence-electron chi connectivity index (χ0n) is 16.1. The molecule has 2 heterocycles. The number of aliphatic hydroxyl groups excluding tert-OH is 1. The lowest BCUT2D eigenvalue weighted by molar-refractivity contribution is -0.249. The van der Waals surface area contributed by atoms with Crippen molar-refractivity contribution in [2.75, 3.05) is 0 Å². The van der Waals surface area contributed by atoms with Crippen LogP contribution in [0.1, 0.15) is 64.2 Å². The largest absolute Gasteiger partial charge is 0.480 e. The lowest BCUT2D eigenvalue weighted by Gasteiger charge is -2.38. The van der Waals surface area contributed by atoms with Crippen molar-refractivity contribution in [2.24, 2.45) is 0 Å². The fourth-order valence-corrected chi connectivity index (χ4v) is 4.22. The second-order valence-corrected chi connectivity index (χ2v) is 7.87. The Morgan fingerprint density at radius 2 is 1.17 bits per heavy atom. The van der Waals surface area contributed by atoms with Crippen molar-refractivity contribution in [3.05, 3.63) is 35.3 Å². The van der Waals surface area contributed by atoms with E-state index < -0.39 is 35.4 Å². The van der Waals surface area contributed by atoms with Crippen LogP contribution in [0, 0.1) is 0 Å². The van der Waals surface area contributed by atoms with Gasteiger partial charge in [-0.1, -0.05) is 18.9 Å². The Bertz CT molecular complexity index is 785. The summed E-state index contributed by atoms with van der Waals surface area (Å²) < 4.78 is 21.7. The first-order valence-electron chi connectivity index (χ1n) is 10.1. The van der Waals surface area contributed by atoms with E-state index in [1.807, 2.05) is 0 Å². The van der Waals surface area contributed by atoms with Crippen LogP contribution >= 0.6 is 0 Å². The molecule has 4 aliphatic rings. The first kappa shape index (κ1) is 19.5. The van der Waals surface area contributed by atoms with Crippen molar-refractivity contribution >= 4 is 17.9 Å². The fourth-order valence-electron chi connectivity index (χ4n) is 4.22. The third-order valence-electron chi connectivity index (χ3n) is 5.77. The molecule has 8 heteroatoms. The van der Waals surface area contributed by atoms with Crippen LogP contribution < -0.4 is 0 Å². The number of esters is 3. The lowest BCUT2D eigenvalue weighted by Crippen LogP contribution is -2.47. The normalized spacial score (nSPS) is 26.2. The second kappa shape index (κ2) is 7.57. The molecule has 2 aliphatic carbocycles. The number of hydrogen-bond acceptors (Lipinski definition) is 8. The van der Waals surface area contributed by atoms with Gasteiger partial charge in [0.05, 0.1) is 0 Å². The maximum Gasteiger partial charge on any atom is 0.348 e. The molecule has 0 radical (unpaired) electrons. The van der Waals surface area contributed by atoms with E-state index in [2.05, 4.69) is 0 Å². The molecule has 0 amide bonds. The van der Waals surface area contributed by atoms with Crippen molar-refractivity contribution in [3.63, 3.8) is 0 Å². The van der Waals surface area contributed by atoms with E-state index >= 15 is 0 Å². The van der Waals surface area contributed by atoms with Crippen LogP contribution in [0.3, 0.4) is 0 Å². The molecule has 0 bridgehead atoms. The molecule has 29 heavy (non-hydrogen) atoms. The lowest BCUT2D eigenvalue weighted by atomic mass is 9.93. The average Bonchev–Trinajstić information content (AvgIpc) is 2.67. The van der Waals surface area contributed by atoms with Crippen LogP contribution in [0.15, 0.2) is 35.3 Å². The summed E-state index contributed by atoms with van der Waals surface area (Å²) in [6.07, 6.45) is 11.2. The van der Waals surface area contributed by atoms with Gasteiger partial charge in [0.25, 0.3) is 17.5 Å². The number of aliphatic hydroxyl groups is 1. The molecule has 1 saturated heterocycles. The Morgan fingerprint density at radius 1 is 0.690 bits per heavy atom. The minimum absolute atomic E-state index is 0.181. The van der Waals surface area contributed by atoms with Gasteiger partial charge >= 0.3 is 17.9 Å². The summed E-state index contributed by atoms with van der Waals surface area (Å²) in [5, 5.41) is 10.2. The van der Waals surface area contributed by atoms with Crippen LogP contribution in [0.5, 0.6) is 0 Å². The molecular formula is C21H24O8. The predicted octanol–water partition coefficient (Wildman–Crippen LogP) is 3.23. The van der Waals surface area contributed by atoms with Gasteiger partial charge in [0.15, 0.2) is 0 Å². The van der Waals surface area contributed by atoms with E-state index in [0.717, 1.165) is 38.5 Å². The second-order valence-electron chi connectivity index (χ2n) is 7.87. The molecule has 2 saturated carbocycles. The maximum absolute atomic E-state index is 12.3. The molecule has 0 aromatic rings. The molecule has 0 aromatic carbocycles. The maximum atomic E-state index is 12.3. The van der Waals surface area contributed by atoms with Gasteiger partial charge in [-0.15, -0.1) is 0 Å². The highest BCUT2D eigenvalue weighted by atomic mass is 16.8. The van der Waals surface area contributed by atoms with E-state index in [1.165, 1.54) is 18.2 Å². The number of ether oxygens (including phenoxy) is 4. The summed E-state index contributed by atoms with van der Waals surface area (Å²) >= 11 is 0. The molecule has 2 aliphatic heterocycles. The Morgan fingerprint density at radius 3 is 1.69 bits per heavy atom. The van der Waals surface area contributed by atoms with Gasteiger partial charge in [0, 0.05) is 25.7 Å². The van der Waals surface area contributed by atoms with Crippen LogP contribution in [-0.2, 0) is 33.3 Å². The molecule has 1 N–H and O–H groups in total. The average molecular weight is 404 g/mol. The van der Waals surface area contributed by atoms with E-state index in [0.29, 0.717) is 25.7 Å². The highest BCUT2D eigenvalue weighted by Crippen LogP contribution is 2.39. The Kier molecular flexibility index (Phi) is 5.10. The molecule has 156 valence electrons. The van der Waals surface area contributed by atoms with E-state index in [1.54, 1.807) is 0 Å². The van der Waals surface area contributed by atoms with Crippen LogP contribution in [0.2, 0.25) is 0 Å². The third-order valence-corrected chi connectivity index (χ3v) is 5.77. The summed E-state index contributed by atoms with van der Waals surface area (Å²) in [6, 6.07) is 0. The fraction of sp³-hybridized carbons (Fsp3) is 0.571. The van der Waals surface area contributed by atoms with Gasteiger partial charge in [-0.3, -0.25) is 0 Å². The van der Waals surface area contributed by atoms with Gasteiger partial charge < -0.3 is 24.1 Å². The molecule has 0 unspecified atom stereocenters. The molecule has 0 aromatic heterocycles. The highest BCUT2D eigenvalue weighted by Gasteiger charge is 2.47. The monoisotopic (exact) mass is 404 g/mol.